The Morgan fingerprint density at radius 2 is 1.94 bits per heavy atom. The molecule has 0 amide bonds. The van der Waals surface area contributed by atoms with E-state index in [9.17, 15) is 4.79 Å². The third-order valence-corrected chi connectivity index (χ3v) is 7.51. The molecule has 5 aromatic rings. The molecule has 1 atom stereocenters. The fourth-order valence-corrected chi connectivity index (χ4v) is 5.60. The molecule has 0 saturated carbocycles. The minimum atomic E-state index is -0.353. The quantitative estimate of drug-likeness (QED) is 0.395. The van der Waals surface area contributed by atoms with Gasteiger partial charge in [0.2, 0.25) is 0 Å². The summed E-state index contributed by atoms with van der Waals surface area (Å²) in [6.45, 7) is 5.06. The van der Waals surface area contributed by atoms with Crippen LogP contribution in [0, 0.1) is 5.82 Å². The van der Waals surface area contributed by atoms with Gasteiger partial charge in [-0.25, -0.2) is 19.5 Å². The molecule has 1 aliphatic heterocycles. The number of hydrogen-bond donors (Lipinski definition) is 1. The average molecular weight is 488 g/mol. The standard InChI is InChI=1S/C26H22FN5O2S/c1-15(23-25-19(6-11-35-25)26(33)31-30-23)16-2-5-21(27)20(12-16)24-18-4-3-17(13-22(18)28-14-29-24)32-7-9-34-10-8-32/h2-6,11-15H,7-10H2,1H3,(H,31,33). The van der Waals surface area contributed by atoms with Crippen LogP contribution in [-0.2, 0) is 4.74 Å². The molecule has 1 fully saturated rings. The summed E-state index contributed by atoms with van der Waals surface area (Å²) in [7, 11) is 0. The third kappa shape index (κ3) is 3.86. The van der Waals surface area contributed by atoms with Crippen LogP contribution in [0.5, 0.6) is 0 Å². The first-order valence-electron chi connectivity index (χ1n) is 11.4. The molecule has 0 radical (unpaired) electrons. The van der Waals surface area contributed by atoms with Gasteiger partial charge in [0.25, 0.3) is 5.56 Å². The van der Waals surface area contributed by atoms with Gasteiger partial charge < -0.3 is 9.64 Å². The van der Waals surface area contributed by atoms with E-state index in [0.717, 1.165) is 45.6 Å². The average Bonchev–Trinajstić information content (AvgIpc) is 3.40. The van der Waals surface area contributed by atoms with Gasteiger partial charge in [0.15, 0.2) is 0 Å². The fraction of sp³-hybridized carbons (Fsp3) is 0.231. The number of H-pyrrole nitrogens is 1. The summed E-state index contributed by atoms with van der Waals surface area (Å²) < 4.78 is 21.4. The van der Waals surface area contributed by atoms with Crippen molar-refractivity contribution in [1.29, 1.82) is 0 Å². The van der Waals surface area contributed by atoms with Gasteiger partial charge in [0.05, 0.1) is 40.2 Å². The number of halogens is 1. The van der Waals surface area contributed by atoms with Gasteiger partial charge in [-0.3, -0.25) is 4.79 Å². The van der Waals surface area contributed by atoms with E-state index in [1.165, 1.54) is 23.7 Å². The maximum absolute atomic E-state index is 15.1. The lowest BCUT2D eigenvalue weighted by Gasteiger charge is -2.29. The number of morpholine rings is 1. The Balaban J connectivity index is 1.42. The topological polar surface area (TPSA) is 84.0 Å². The van der Waals surface area contributed by atoms with Gasteiger partial charge in [-0.05, 0) is 47.3 Å². The first-order chi connectivity index (χ1) is 17.1. The van der Waals surface area contributed by atoms with E-state index >= 15 is 4.39 Å². The Kier molecular flexibility index (Phi) is 5.50. The molecule has 9 heteroatoms. The molecule has 4 heterocycles. The predicted molar refractivity (Wildman–Crippen MR) is 136 cm³/mol. The zero-order chi connectivity index (χ0) is 23.9. The highest BCUT2D eigenvalue weighted by Gasteiger charge is 2.20. The minimum Gasteiger partial charge on any atom is -0.378 e. The largest absolute Gasteiger partial charge is 0.378 e. The van der Waals surface area contributed by atoms with E-state index in [-0.39, 0.29) is 17.3 Å². The van der Waals surface area contributed by atoms with Gasteiger partial charge >= 0.3 is 0 Å². The normalized spacial score (nSPS) is 15.1. The van der Waals surface area contributed by atoms with Crippen molar-refractivity contribution in [3.8, 4) is 11.3 Å². The molecule has 35 heavy (non-hydrogen) atoms. The molecule has 1 unspecified atom stereocenters. The molecule has 2 aromatic carbocycles. The van der Waals surface area contributed by atoms with Gasteiger partial charge in [-0.15, -0.1) is 11.3 Å². The van der Waals surface area contributed by atoms with Crippen molar-refractivity contribution in [3.05, 3.63) is 81.6 Å². The summed E-state index contributed by atoms with van der Waals surface area (Å²) in [6, 6.07) is 12.9. The second kappa shape index (κ2) is 8.83. The number of anilines is 1. The molecule has 1 aliphatic rings. The van der Waals surface area contributed by atoms with Gasteiger partial charge in [-0.2, -0.15) is 5.10 Å². The second-order valence-electron chi connectivity index (χ2n) is 8.59. The number of benzene rings is 2. The van der Waals surface area contributed by atoms with Crippen LogP contribution >= 0.6 is 11.3 Å². The van der Waals surface area contributed by atoms with Crippen LogP contribution in [0.25, 0.3) is 32.2 Å². The molecule has 0 bridgehead atoms. The van der Waals surface area contributed by atoms with Crippen molar-refractivity contribution in [3.63, 3.8) is 0 Å². The number of fused-ring (bicyclic) bond motifs is 2. The molecule has 3 aromatic heterocycles. The summed E-state index contributed by atoms with van der Waals surface area (Å²) in [5.41, 5.74) is 4.22. The van der Waals surface area contributed by atoms with Crippen LogP contribution < -0.4 is 10.5 Å². The van der Waals surface area contributed by atoms with E-state index in [0.29, 0.717) is 29.9 Å². The number of aromatic amines is 1. The van der Waals surface area contributed by atoms with Crippen molar-refractivity contribution in [2.45, 2.75) is 12.8 Å². The number of ether oxygens (including phenoxy) is 1. The monoisotopic (exact) mass is 487 g/mol. The van der Waals surface area contributed by atoms with E-state index in [2.05, 4.69) is 25.1 Å². The number of nitrogens with one attached hydrogen (secondary N) is 1. The van der Waals surface area contributed by atoms with Crippen molar-refractivity contribution >= 4 is 38.0 Å². The van der Waals surface area contributed by atoms with Crippen LogP contribution in [0.1, 0.15) is 24.1 Å². The molecule has 7 nitrogen and oxygen atoms in total. The molecular weight excluding hydrogens is 465 g/mol. The molecule has 6 rings (SSSR count). The Labute approximate surface area is 204 Å². The van der Waals surface area contributed by atoms with Gasteiger partial charge in [-0.1, -0.05) is 13.0 Å². The van der Waals surface area contributed by atoms with Gasteiger partial charge in [0, 0.05) is 35.6 Å². The van der Waals surface area contributed by atoms with Crippen molar-refractivity contribution in [2.75, 3.05) is 31.2 Å². The second-order valence-corrected chi connectivity index (χ2v) is 9.50. The Hall–Kier alpha value is -3.69. The number of rotatable bonds is 4. The molecule has 176 valence electrons. The summed E-state index contributed by atoms with van der Waals surface area (Å²) in [5.74, 6) is -0.512. The van der Waals surface area contributed by atoms with Crippen LogP contribution in [0.3, 0.4) is 0 Å². The fourth-order valence-electron chi connectivity index (χ4n) is 4.63. The van der Waals surface area contributed by atoms with Crippen molar-refractivity contribution in [2.24, 2.45) is 0 Å². The Morgan fingerprint density at radius 3 is 2.80 bits per heavy atom. The highest BCUT2D eigenvalue weighted by molar-refractivity contribution is 7.17. The predicted octanol–water partition coefficient (Wildman–Crippen LogP) is 4.72. The van der Waals surface area contributed by atoms with E-state index in [1.54, 1.807) is 12.1 Å². The third-order valence-electron chi connectivity index (χ3n) is 6.57. The smallest absolute Gasteiger partial charge is 0.272 e. The lowest BCUT2D eigenvalue weighted by atomic mass is 9.93. The Morgan fingerprint density at radius 1 is 1.09 bits per heavy atom. The first-order valence-corrected chi connectivity index (χ1v) is 12.3. The highest BCUT2D eigenvalue weighted by Crippen LogP contribution is 2.35. The number of hydrogen-bond acceptors (Lipinski definition) is 7. The van der Waals surface area contributed by atoms with E-state index in [1.807, 2.05) is 36.6 Å². The van der Waals surface area contributed by atoms with Gasteiger partial charge in [0.1, 0.15) is 12.1 Å². The van der Waals surface area contributed by atoms with Crippen LogP contribution in [0.2, 0.25) is 0 Å². The maximum atomic E-state index is 15.1. The zero-order valence-corrected chi connectivity index (χ0v) is 19.8. The van der Waals surface area contributed by atoms with E-state index in [4.69, 9.17) is 4.74 Å². The number of aromatic nitrogens is 4. The van der Waals surface area contributed by atoms with Crippen LogP contribution in [0.4, 0.5) is 10.1 Å². The minimum absolute atomic E-state index is 0.159. The van der Waals surface area contributed by atoms with Crippen LogP contribution in [0.15, 0.2) is 59.0 Å². The molecule has 1 saturated heterocycles. The summed E-state index contributed by atoms with van der Waals surface area (Å²) >= 11 is 1.48. The van der Waals surface area contributed by atoms with Crippen molar-refractivity contribution in [1.82, 2.24) is 20.2 Å². The molecular formula is C26H22FN5O2S. The number of nitrogens with zero attached hydrogens (tertiary/aromatic N) is 4. The maximum Gasteiger partial charge on any atom is 0.272 e. The lowest BCUT2D eigenvalue weighted by molar-refractivity contribution is 0.122. The first kappa shape index (κ1) is 21.8. The van der Waals surface area contributed by atoms with Crippen LogP contribution in [-0.4, -0.2) is 46.5 Å². The number of thiophene rings is 1. The zero-order valence-electron chi connectivity index (χ0n) is 19.0. The SMILES string of the molecule is CC(c1ccc(F)c(-c2ncnc3cc(N4CCOCC4)ccc23)c1)c1n[nH]c(=O)c2ccsc12. The summed E-state index contributed by atoms with van der Waals surface area (Å²) in [6.07, 6.45) is 1.48. The van der Waals surface area contributed by atoms with E-state index < -0.39 is 0 Å². The molecule has 1 N–H and O–H groups in total. The lowest BCUT2D eigenvalue weighted by Crippen LogP contribution is -2.36. The highest BCUT2D eigenvalue weighted by atomic mass is 32.1. The molecule has 0 spiro atoms. The summed E-state index contributed by atoms with van der Waals surface area (Å²) in [4.78, 5) is 23.3. The van der Waals surface area contributed by atoms with Crippen molar-refractivity contribution < 1.29 is 9.13 Å². The molecule has 0 aliphatic carbocycles. The summed E-state index contributed by atoms with van der Waals surface area (Å²) in [5, 5.41) is 10.2. The Bertz CT molecular complexity index is 1610.